The Morgan fingerprint density at radius 3 is 2.26 bits per heavy atom. The van der Waals surface area contributed by atoms with Crippen molar-refractivity contribution in [2.75, 3.05) is 50.8 Å². The normalized spacial score (nSPS) is 16.1. The van der Waals surface area contributed by atoms with Crippen molar-refractivity contribution in [3.63, 3.8) is 0 Å². The smallest absolute Gasteiger partial charge is 0.267 e. The van der Waals surface area contributed by atoms with Gasteiger partial charge in [0.15, 0.2) is 0 Å². The lowest BCUT2D eigenvalue weighted by Gasteiger charge is -2.29. The number of nitrogens with zero attached hydrogens (tertiary/aromatic N) is 4. The van der Waals surface area contributed by atoms with Crippen molar-refractivity contribution >= 4 is 11.6 Å². The van der Waals surface area contributed by atoms with E-state index >= 15 is 0 Å². The maximum atomic E-state index is 11.1. The van der Waals surface area contributed by atoms with Gasteiger partial charge in [0, 0.05) is 31.9 Å². The molecule has 27 heavy (non-hydrogen) atoms. The summed E-state index contributed by atoms with van der Waals surface area (Å²) >= 11 is 0. The molecule has 0 radical (unpaired) electrons. The molecule has 1 N–H and O–H groups in total. The maximum absolute atomic E-state index is 11.1. The molecule has 1 amide bonds. The van der Waals surface area contributed by atoms with Crippen molar-refractivity contribution in [3.05, 3.63) is 60.7 Å². The van der Waals surface area contributed by atoms with Crippen LogP contribution < -0.4 is 15.0 Å². The highest BCUT2D eigenvalue weighted by molar-refractivity contribution is 5.79. The van der Waals surface area contributed by atoms with Gasteiger partial charge in [0.25, 0.3) is 5.91 Å². The molecule has 0 spiro atoms. The molecule has 2 heterocycles. The van der Waals surface area contributed by atoms with Crippen LogP contribution >= 0.6 is 0 Å². The van der Waals surface area contributed by atoms with Crippen LogP contribution in [0.3, 0.4) is 0 Å². The van der Waals surface area contributed by atoms with Crippen molar-refractivity contribution < 1.29 is 9.53 Å². The summed E-state index contributed by atoms with van der Waals surface area (Å²) in [5.41, 5.74) is 1.35. The van der Waals surface area contributed by atoms with Crippen molar-refractivity contribution in [1.29, 1.82) is 0 Å². The topological polar surface area (TPSA) is 69.5 Å². The summed E-state index contributed by atoms with van der Waals surface area (Å²) in [6, 6.07) is 20.1. The van der Waals surface area contributed by atoms with Crippen LogP contribution in [-0.4, -0.2) is 56.8 Å². The fourth-order valence-electron chi connectivity index (χ4n) is 2.80. The van der Waals surface area contributed by atoms with E-state index in [2.05, 4.69) is 50.9 Å². The summed E-state index contributed by atoms with van der Waals surface area (Å²) in [5.74, 6) is 0.716. The van der Waals surface area contributed by atoms with Crippen LogP contribution in [0.15, 0.2) is 71.0 Å². The zero-order valence-electron chi connectivity index (χ0n) is 15.3. The monoisotopic (exact) mass is 367 g/mol. The Balaban J connectivity index is 0.000000159. The average Bonchev–Trinajstić information content (AvgIpc) is 3.15. The Morgan fingerprint density at radius 1 is 0.963 bits per heavy atom. The predicted octanol–water partition coefficient (Wildman–Crippen LogP) is 2.37. The second-order valence-corrected chi connectivity index (χ2v) is 6.14. The number of anilines is 1. The SMILES string of the molecule is O=C1CN=NN1CCOc1ccccc1.c1ccc(N2CCNCC2)cc1. The summed E-state index contributed by atoms with van der Waals surface area (Å²) in [7, 11) is 0. The number of hydrogen-bond acceptors (Lipinski definition) is 6. The van der Waals surface area contributed by atoms with Crippen LogP contribution in [0.4, 0.5) is 5.69 Å². The lowest BCUT2D eigenvalue weighted by atomic mass is 10.2. The van der Waals surface area contributed by atoms with Gasteiger partial charge in [-0.05, 0) is 24.3 Å². The highest BCUT2D eigenvalue weighted by Crippen LogP contribution is 2.12. The predicted molar refractivity (Wildman–Crippen MR) is 105 cm³/mol. The summed E-state index contributed by atoms with van der Waals surface area (Å²) < 4.78 is 5.42. The number of carbonyl (C=O) groups excluding carboxylic acids is 1. The molecule has 0 unspecified atom stereocenters. The highest BCUT2D eigenvalue weighted by Gasteiger charge is 2.17. The molecular formula is C20H25N5O2. The number of carbonyl (C=O) groups is 1. The van der Waals surface area contributed by atoms with Gasteiger partial charge in [-0.15, -0.1) is 0 Å². The molecule has 0 aromatic heterocycles. The Hall–Kier alpha value is -2.93. The first kappa shape index (κ1) is 18.8. The number of ether oxygens (including phenoxy) is 1. The van der Waals surface area contributed by atoms with E-state index in [1.807, 2.05) is 30.3 Å². The summed E-state index contributed by atoms with van der Waals surface area (Å²) in [4.78, 5) is 13.5. The van der Waals surface area contributed by atoms with E-state index < -0.39 is 0 Å². The van der Waals surface area contributed by atoms with Gasteiger partial charge < -0.3 is 15.0 Å². The minimum atomic E-state index is -0.0772. The quantitative estimate of drug-likeness (QED) is 0.881. The molecule has 0 saturated carbocycles. The number of nitrogens with one attached hydrogen (secondary N) is 1. The van der Waals surface area contributed by atoms with Crippen molar-refractivity contribution in [2.45, 2.75) is 0 Å². The number of benzene rings is 2. The van der Waals surface area contributed by atoms with Crippen LogP contribution in [0, 0.1) is 0 Å². The molecule has 0 bridgehead atoms. The van der Waals surface area contributed by atoms with Gasteiger partial charge in [0.05, 0.1) is 6.54 Å². The fraction of sp³-hybridized carbons (Fsp3) is 0.350. The molecule has 1 saturated heterocycles. The highest BCUT2D eigenvalue weighted by atomic mass is 16.5. The van der Waals surface area contributed by atoms with E-state index in [0.29, 0.717) is 13.2 Å². The zero-order chi connectivity index (χ0) is 18.7. The minimum Gasteiger partial charge on any atom is -0.492 e. The van der Waals surface area contributed by atoms with Crippen LogP contribution in [0.25, 0.3) is 0 Å². The van der Waals surface area contributed by atoms with E-state index in [4.69, 9.17) is 4.74 Å². The van der Waals surface area contributed by atoms with Gasteiger partial charge in [-0.1, -0.05) is 41.6 Å². The molecule has 7 heteroatoms. The number of amides is 1. The standard InChI is InChI=1S/C10H11N3O2.C10H14N2/c14-10-8-11-12-13(10)6-7-15-9-4-2-1-3-5-9;1-2-4-10(5-3-1)12-8-6-11-7-9-12/h1-5H,6-8H2;1-5,11H,6-9H2. The van der Waals surface area contributed by atoms with Crippen molar-refractivity contribution in [2.24, 2.45) is 10.3 Å². The molecular weight excluding hydrogens is 342 g/mol. The summed E-state index contributed by atoms with van der Waals surface area (Å²) in [6.45, 7) is 5.50. The maximum Gasteiger partial charge on any atom is 0.267 e. The van der Waals surface area contributed by atoms with Crippen LogP contribution in [0.1, 0.15) is 0 Å². The van der Waals surface area contributed by atoms with Gasteiger partial charge in [-0.2, -0.15) is 5.11 Å². The summed E-state index contributed by atoms with van der Waals surface area (Å²) in [6.07, 6.45) is 0. The first-order chi connectivity index (χ1) is 13.3. The molecule has 2 aliphatic rings. The fourth-order valence-corrected chi connectivity index (χ4v) is 2.80. The Bertz CT molecular complexity index is 718. The number of piperazine rings is 1. The molecule has 1 fully saturated rings. The molecule has 2 aromatic carbocycles. The van der Waals surface area contributed by atoms with E-state index in [1.54, 1.807) is 0 Å². The largest absolute Gasteiger partial charge is 0.492 e. The van der Waals surface area contributed by atoms with Gasteiger partial charge in [0.1, 0.15) is 18.9 Å². The second kappa shape index (κ2) is 10.3. The average molecular weight is 367 g/mol. The third kappa shape index (κ3) is 6.07. The van der Waals surface area contributed by atoms with Gasteiger partial charge in [-0.3, -0.25) is 4.79 Å². The first-order valence-corrected chi connectivity index (χ1v) is 9.19. The van der Waals surface area contributed by atoms with E-state index in [-0.39, 0.29) is 12.5 Å². The Kier molecular flexibility index (Phi) is 7.17. The molecule has 2 aromatic rings. The molecule has 0 atom stereocenters. The number of hydrogen-bond donors (Lipinski definition) is 1. The van der Waals surface area contributed by atoms with Gasteiger partial charge in [-0.25, -0.2) is 5.01 Å². The van der Waals surface area contributed by atoms with Crippen LogP contribution in [0.2, 0.25) is 0 Å². The molecule has 2 aliphatic heterocycles. The molecule has 142 valence electrons. The number of rotatable bonds is 5. The summed E-state index contributed by atoms with van der Waals surface area (Å²) in [5, 5.41) is 12.0. The van der Waals surface area contributed by atoms with Gasteiger partial charge >= 0.3 is 0 Å². The van der Waals surface area contributed by atoms with Crippen LogP contribution in [0.5, 0.6) is 5.75 Å². The Morgan fingerprint density at radius 2 is 1.63 bits per heavy atom. The lowest BCUT2D eigenvalue weighted by Crippen LogP contribution is -2.43. The minimum absolute atomic E-state index is 0.0772. The lowest BCUT2D eigenvalue weighted by molar-refractivity contribution is -0.128. The first-order valence-electron chi connectivity index (χ1n) is 9.19. The van der Waals surface area contributed by atoms with Crippen molar-refractivity contribution in [1.82, 2.24) is 10.3 Å². The van der Waals surface area contributed by atoms with Gasteiger partial charge in [0.2, 0.25) is 0 Å². The Labute approximate surface area is 159 Å². The van der Waals surface area contributed by atoms with Crippen LogP contribution in [-0.2, 0) is 4.79 Å². The zero-order valence-corrected chi connectivity index (χ0v) is 15.3. The van der Waals surface area contributed by atoms with E-state index in [0.717, 1.165) is 31.9 Å². The second-order valence-electron chi connectivity index (χ2n) is 6.14. The third-order valence-corrected chi connectivity index (χ3v) is 4.22. The molecule has 0 aliphatic carbocycles. The van der Waals surface area contributed by atoms with E-state index in [1.165, 1.54) is 10.7 Å². The van der Waals surface area contributed by atoms with E-state index in [9.17, 15) is 4.79 Å². The third-order valence-electron chi connectivity index (χ3n) is 4.22. The number of para-hydroxylation sites is 2. The van der Waals surface area contributed by atoms with Crippen molar-refractivity contribution in [3.8, 4) is 5.75 Å². The molecule has 7 nitrogen and oxygen atoms in total. The molecule has 4 rings (SSSR count).